The maximum atomic E-state index is 3.70. The molecule has 0 aliphatic heterocycles. The third-order valence-electron chi connectivity index (χ3n) is 10.8. The van der Waals surface area contributed by atoms with Crippen molar-refractivity contribution in [2.45, 2.75) is 11.8 Å². The maximum absolute atomic E-state index is 3.70. The molecular weight excluding hydrogens is 605 g/mol. The summed E-state index contributed by atoms with van der Waals surface area (Å²) in [6.07, 6.45) is 7.74. The Morgan fingerprint density at radius 3 is 1.42 bits per heavy atom. The van der Waals surface area contributed by atoms with Crippen molar-refractivity contribution in [3.8, 4) is 22.3 Å². The Labute approximate surface area is 291 Å². The fraction of sp³-hybridized carbons (Fsp3) is 0.0417. The summed E-state index contributed by atoms with van der Waals surface area (Å²) < 4.78 is 0. The Morgan fingerprint density at radius 1 is 0.400 bits per heavy atom. The van der Waals surface area contributed by atoms with Gasteiger partial charge in [0.2, 0.25) is 0 Å². The van der Waals surface area contributed by atoms with Gasteiger partial charge in [0.15, 0.2) is 0 Å². The molecule has 0 atom stereocenters. The van der Waals surface area contributed by atoms with Gasteiger partial charge in [0, 0.05) is 49.1 Å². The monoisotopic (exact) mass is 638 g/mol. The first-order chi connectivity index (χ1) is 24.8. The molecule has 0 fully saturated rings. The standard InChI is InChI=1S/C48H34N2/c1-2-12-34(13-3-1)43-20-8-9-31-48(43,35-27-23-32(24-28-35)37-16-10-18-41-39-14-4-6-21-44(39)49-46(37)41)36-29-25-33(26-30-36)38-17-11-19-42-40-15-5-7-22-45(40)50-47(38)42/h1-30,49-50H,31H2. The first-order valence-electron chi connectivity index (χ1n) is 17.4. The molecule has 0 saturated carbocycles. The molecule has 0 unspecified atom stereocenters. The van der Waals surface area contributed by atoms with Gasteiger partial charge in [-0.2, -0.15) is 0 Å². The molecule has 2 nitrogen and oxygen atoms in total. The third-order valence-corrected chi connectivity index (χ3v) is 10.8. The molecule has 0 amide bonds. The zero-order valence-corrected chi connectivity index (χ0v) is 27.5. The first-order valence-corrected chi connectivity index (χ1v) is 17.4. The van der Waals surface area contributed by atoms with Crippen LogP contribution in [0.1, 0.15) is 23.1 Å². The molecule has 1 aliphatic carbocycles. The van der Waals surface area contributed by atoms with E-state index in [1.807, 2.05) is 0 Å². The lowest BCUT2D eigenvalue weighted by Crippen LogP contribution is -2.30. The van der Waals surface area contributed by atoms with Gasteiger partial charge in [0.25, 0.3) is 0 Å². The van der Waals surface area contributed by atoms with Crippen LogP contribution < -0.4 is 0 Å². The number of fused-ring (bicyclic) bond motifs is 6. The van der Waals surface area contributed by atoms with Crippen molar-refractivity contribution in [2.75, 3.05) is 0 Å². The summed E-state index contributed by atoms with van der Waals surface area (Å²) in [4.78, 5) is 7.40. The van der Waals surface area contributed by atoms with Gasteiger partial charge >= 0.3 is 0 Å². The van der Waals surface area contributed by atoms with Crippen molar-refractivity contribution < 1.29 is 0 Å². The molecule has 0 saturated heterocycles. The average molecular weight is 639 g/mol. The van der Waals surface area contributed by atoms with Gasteiger partial charge < -0.3 is 9.97 Å². The van der Waals surface area contributed by atoms with Crippen LogP contribution in [0.4, 0.5) is 0 Å². The van der Waals surface area contributed by atoms with Gasteiger partial charge in [0.1, 0.15) is 0 Å². The van der Waals surface area contributed by atoms with Crippen LogP contribution in [0.3, 0.4) is 0 Å². The van der Waals surface area contributed by atoms with Crippen LogP contribution in [0.25, 0.3) is 71.4 Å². The molecule has 2 heteroatoms. The highest BCUT2D eigenvalue weighted by molar-refractivity contribution is 6.12. The van der Waals surface area contributed by atoms with Crippen LogP contribution in [-0.4, -0.2) is 9.97 Å². The van der Waals surface area contributed by atoms with Crippen LogP contribution in [0, 0.1) is 0 Å². The van der Waals surface area contributed by atoms with Crippen molar-refractivity contribution in [1.82, 2.24) is 9.97 Å². The number of aromatic amines is 2. The van der Waals surface area contributed by atoms with E-state index in [4.69, 9.17) is 0 Å². The van der Waals surface area contributed by atoms with Crippen LogP contribution in [0.5, 0.6) is 0 Å². The number of rotatable bonds is 5. The Morgan fingerprint density at radius 2 is 0.880 bits per heavy atom. The average Bonchev–Trinajstić information content (AvgIpc) is 3.77. The highest BCUT2D eigenvalue weighted by Gasteiger charge is 2.39. The molecule has 2 heterocycles. The maximum Gasteiger partial charge on any atom is 0.0544 e. The van der Waals surface area contributed by atoms with Crippen molar-refractivity contribution in [2.24, 2.45) is 0 Å². The number of H-pyrrole nitrogens is 2. The molecule has 50 heavy (non-hydrogen) atoms. The first kappa shape index (κ1) is 28.6. The minimum absolute atomic E-state index is 0.354. The number of benzene rings is 7. The lowest BCUT2D eigenvalue weighted by atomic mass is 9.63. The third kappa shape index (κ3) is 4.35. The Kier molecular flexibility index (Phi) is 6.50. The summed E-state index contributed by atoms with van der Waals surface area (Å²) in [5.74, 6) is 0. The number of nitrogens with one attached hydrogen (secondary N) is 2. The Hall–Kier alpha value is -6.38. The zero-order chi connectivity index (χ0) is 33.1. The van der Waals surface area contributed by atoms with Crippen LogP contribution in [0.2, 0.25) is 0 Å². The topological polar surface area (TPSA) is 31.6 Å². The second-order valence-electron chi connectivity index (χ2n) is 13.4. The SMILES string of the molecule is C1=CCC(c2ccc(-c3cccc4c3[nH]c3ccccc34)cc2)(c2ccc(-c3cccc4c3[nH]c3ccccc34)cc2)C(c2ccccc2)=C1. The number of hydrogen-bond donors (Lipinski definition) is 2. The second-order valence-corrected chi connectivity index (χ2v) is 13.4. The van der Waals surface area contributed by atoms with E-state index in [1.165, 1.54) is 88.1 Å². The fourth-order valence-electron chi connectivity index (χ4n) is 8.43. The van der Waals surface area contributed by atoms with E-state index in [9.17, 15) is 0 Å². The van der Waals surface area contributed by atoms with Crippen LogP contribution in [0.15, 0.2) is 182 Å². The van der Waals surface area contributed by atoms with E-state index in [0.717, 1.165) is 6.42 Å². The van der Waals surface area contributed by atoms with Gasteiger partial charge in [-0.1, -0.05) is 170 Å². The van der Waals surface area contributed by atoms with Crippen molar-refractivity contribution in [1.29, 1.82) is 0 Å². The molecule has 2 N–H and O–H groups in total. The zero-order valence-electron chi connectivity index (χ0n) is 27.5. The molecule has 7 aromatic carbocycles. The predicted molar refractivity (Wildman–Crippen MR) is 211 cm³/mol. The number of hydrogen-bond acceptors (Lipinski definition) is 0. The predicted octanol–water partition coefficient (Wildman–Crippen LogP) is 12.6. The van der Waals surface area contributed by atoms with E-state index < -0.39 is 0 Å². The van der Waals surface area contributed by atoms with E-state index in [1.54, 1.807) is 0 Å². The summed E-state index contributed by atoms with van der Waals surface area (Å²) in [6, 6.07) is 59.9. The summed E-state index contributed by atoms with van der Waals surface area (Å²) in [5.41, 5.74) is 14.3. The molecule has 10 rings (SSSR count). The van der Waals surface area contributed by atoms with Gasteiger partial charge in [-0.25, -0.2) is 0 Å². The highest BCUT2D eigenvalue weighted by atomic mass is 14.7. The smallest absolute Gasteiger partial charge is 0.0544 e. The van der Waals surface area contributed by atoms with E-state index in [2.05, 4.69) is 192 Å². The summed E-state index contributed by atoms with van der Waals surface area (Å²) in [5, 5.41) is 5.04. The summed E-state index contributed by atoms with van der Waals surface area (Å²) in [7, 11) is 0. The van der Waals surface area contributed by atoms with Crippen molar-refractivity contribution in [3.63, 3.8) is 0 Å². The second kappa shape index (κ2) is 11.4. The van der Waals surface area contributed by atoms with Crippen LogP contribution >= 0.6 is 0 Å². The van der Waals surface area contributed by atoms with E-state index >= 15 is 0 Å². The van der Waals surface area contributed by atoms with Crippen LogP contribution in [-0.2, 0) is 5.41 Å². The van der Waals surface area contributed by atoms with Gasteiger partial charge in [-0.05, 0) is 51.9 Å². The largest absolute Gasteiger partial charge is 0.354 e. The van der Waals surface area contributed by atoms with Gasteiger partial charge in [-0.3, -0.25) is 0 Å². The normalized spacial score (nSPS) is 14.1. The molecule has 9 aromatic rings. The summed E-state index contributed by atoms with van der Waals surface area (Å²) in [6.45, 7) is 0. The fourth-order valence-corrected chi connectivity index (χ4v) is 8.43. The van der Waals surface area contributed by atoms with E-state index in [-0.39, 0.29) is 5.41 Å². The molecule has 1 aliphatic rings. The molecule has 2 aromatic heterocycles. The number of allylic oxidation sites excluding steroid dienone is 4. The van der Waals surface area contributed by atoms with Crippen molar-refractivity contribution in [3.05, 3.63) is 199 Å². The minimum Gasteiger partial charge on any atom is -0.354 e. The van der Waals surface area contributed by atoms with Gasteiger partial charge in [-0.15, -0.1) is 0 Å². The Bertz CT molecular complexity index is 2600. The lowest BCUT2D eigenvalue weighted by Gasteiger charge is -2.39. The number of aromatic nitrogens is 2. The summed E-state index contributed by atoms with van der Waals surface area (Å²) >= 11 is 0. The number of para-hydroxylation sites is 4. The lowest BCUT2D eigenvalue weighted by molar-refractivity contribution is 0.669. The molecule has 0 bridgehead atoms. The van der Waals surface area contributed by atoms with E-state index in [0.29, 0.717) is 0 Å². The van der Waals surface area contributed by atoms with Gasteiger partial charge in [0.05, 0.1) is 11.0 Å². The van der Waals surface area contributed by atoms with Crippen molar-refractivity contribution >= 4 is 49.2 Å². The quantitative estimate of drug-likeness (QED) is 0.188. The molecule has 0 spiro atoms. The molecular formula is C48H34N2. The molecule has 236 valence electrons. The minimum atomic E-state index is -0.354. The molecule has 0 radical (unpaired) electrons. The Balaban J connectivity index is 1.11. The highest BCUT2D eigenvalue weighted by Crippen LogP contribution is 2.50.